The maximum absolute atomic E-state index is 10.6. The summed E-state index contributed by atoms with van der Waals surface area (Å²) >= 11 is 1.56. The Kier molecular flexibility index (Phi) is 3.77. The zero-order valence-electron chi connectivity index (χ0n) is 9.04. The average Bonchev–Trinajstić information content (AvgIpc) is 2.38. The number of nitrogens with zero attached hydrogens (tertiary/aromatic N) is 1. The topological polar surface area (TPSA) is 49.7 Å². The van der Waals surface area contributed by atoms with Crippen LogP contribution in [0.5, 0.6) is 5.75 Å². The molecule has 0 radical (unpaired) electrons. The lowest BCUT2D eigenvalue weighted by molar-refractivity contribution is 0.475. The molecular formula is C13H11NO2S. The highest BCUT2D eigenvalue weighted by molar-refractivity contribution is 7.98. The fourth-order valence-electron chi connectivity index (χ4n) is 1.41. The normalized spacial score (nSPS) is 10.1. The second kappa shape index (κ2) is 5.50. The molecule has 2 aromatic rings. The van der Waals surface area contributed by atoms with E-state index in [0.29, 0.717) is 5.69 Å². The molecule has 4 heteroatoms. The van der Waals surface area contributed by atoms with Crippen molar-refractivity contribution in [3.8, 4) is 5.75 Å². The van der Waals surface area contributed by atoms with Crippen molar-refractivity contribution >= 4 is 17.4 Å². The third-order valence-electron chi connectivity index (χ3n) is 2.29. The molecule has 3 nitrogen and oxygen atoms in total. The van der Waals surface area contributed by atoms with E-state index in [9.17, 15) is 4.91 Å². The van der Waals surface area contributed by atoms with Crippen LogP contribution < -0.4 is 0 Å². The Morgan fingerprint density at radius 1 is 1.06 bits per heavy atom. The molecule has 17 heavy (non-hydrogen) atoms. The Morgan fingerprint density at radius 2 is 1.76 bits per heavy atom. The number of aromatic hydroxyl groups is 1. The van der Waals surface area contributed by atoms with E-state index in [1.807, 2.05) is 24.3 Å². The molecule has 0 aliphatic rings. The van der Waals surface area contributed by atoms with E-state index >= 15 is 0 Å². The summed E-state index contributed by atoms with van der Waals surface area (Å²) in [5, 5.41) is 12.1. The summed E-state index contributed by atoms with van der Waals surface area (Å²) in [7, 11) is 0. The second-order valence-electron chi connectivity index (χ2n) is 3.51. The van der Waals surface area contributed by atoms with E-state index < -0.39 is 0 Å². The first-order valence-corrected chi connectivity index (χ1v) is 6.11. The fourth-order valence-corrected chi connectivity index (χ4v) is 2.35. The van der Waals surface area contributed by atoms with Crippen molar-refractivity contribution in [1.29, 1.82) is 0 Å². The maximum Gasteiger partial charge on any atom is 0.121 e. The molecular weight excluding hydrogens is 234 g/mol. The molecule has 0 unspecified atom stereocenters. The second-order valence-corrected chi connectivity index (χ2v) is 4.53. The van der Waals surface area contributed by atoms with Crippen LogP contribution in [-0.4, -0.2) is 5.11 Å². The molecule has 0 aromatic heterocycles. The third-order valence-corrected chi connectivity index (χ3v) is 3.43. The number of rotatable bonds is 4. The number of phenolic OH excluding ortho intramolecular Hbond substituents is 1. The molecule has 0 aliphatic carbocycles. The van der Waals surface area contributed by atoms with E-state index in [0.717, 1.165) is 16.2 Å². The standard InChI is InChI=1S/C13H11NO2S/c15-11-7-5-10(6-8-11)9-17-13-4-2-1-3-12(13)14-16/h1-8,15H,9H2. The summed E-state index contributed by atoms with van der Waals surface area (Å²) in [6, 6.07) is 14.3. The van der Waals surface area contributed by atoms with Crippen LogP contribution in [0.15, 0.2) is 58.6 Å². The molecule has 0 amide bonds. The Morgan fingerprint density at radius 3 is 2.47 bits per heavy atom. The zero-order chi connectivity index (χ0) is 12.1. The van der Waals surface area contributed by atoms with Crippen LogP contribution >= 0.6 is 11.8 Å². The molecule has 0 heterocycles. The summed E-state index contributed by atoms with van der Waals surface area (Å²) < 4.78 is 0. The quantitative estimate of drug-likeness (QED) is 0.652. The molecule has 1 N–H and O–H groups in total. The highest BCUT2D eigenvalue weighted by atomic mass is 32.2. The largest absolute Gasteiger partial charge is 0.508 e. The van der Waals surface area contributed by atoms with Gasteiger partial charge in [0.25, 0.3) is 0 Å². The summed E-state index contributed by atoms with van der Waals surface area (Å²) in [5.41, 5.74) is 1.56. The van der Waals surface area contributed by atoms with Gasteiger partial charge in [-0.1, -0.05) is 24.3 Å². The lowest BCUT2D eigenvalue weighted by Gasteiger charge is -2.03. The van der Waals surface area contributed by atoms with Crippen molar-refractivity contribution in [2.75, 3.05) is 0 Å². The average molecular weight is 245 g/mol. The minimum absolute atomic E-state index is 0.258. The number of hydrogen-bond acceptors (Lipinski definition) is 4. The minimum atomic E-state index is 0.258. The van der Waals surface area contributed by atoms with Crippen LogP contribution in [0.1, 0.15) is 5.56 Å². The van der Waals surface area contributed by atoms with Crippen molar-refractivity contribution < 1.29 is 5.11 Å². The van der Waals surface area contributed by atoms with Crippen LogP contribution in [0.3, 0.4) is 0 Å². The van der Waals surface area contributed by atoms with Gasteiger partial charge < -0.3 is 5.11 Å². The van der Waals surface area contributed by atoms with Crippen molar-refractivity contribution in [3.05, 3.63) is 59.0 Å². The van der Waals surface area contributed by atoms with Crippen molar-refractivity contribution in [2.24, 2.45) is 5.18 Å². The van der Waals surface area contributed by atoms with E-state index in [1.54, 1.807) is 36.0 Å². The number of hydrogen-bond donors (Lipinski definition) is 1. The maximum atomic E-state index is 10.6. The first-order chi connectivity index (χ1) is 8.29. The predicted molar refractivity (Wildman–Crippen MR) is 69.6 cm³/mol. The summed E-state index contributed by atoms with van der Waals surface area (Å²) in [6.07, 6.45) is 0. The Labute approximate surface area is 103 Å². The Bertz CT molecular complexity index is 511. The van der Waals surface area contributed by atoms with Gasteiger partial charge in [-0.15, -0.1) is 16.7 Å². The molecule has 0 fully saturated rings. The molecule has 2 aromatic carbocycles. The van der Waals surface area contributed by atoms with Crippen molar-refractivity contribution in [3.63, 3.8) is 0 Å². The van der Waals surface area contributed by atoms with E-state index in [1.165, 1.54) is 0 Å². The molecule has 0 saturated carbocycles. The van der Waals surface area contributed by atoms with E-state index in [2.05, 4.69) is 5.18 Å². The molecule has 86 valence electrons. The first-order valence-electron chi connectivity index (χ1n) is 5.12. The van der Waals surface area contributed by atoms with Gasteiger partial charge in [0.1, 0.15) is 11.4 Å². The highest BCUT2D eigenvalue weighted by Crippen LogP contribution is 2.31. The number of benzene rings is 2. The van der Waals surface area contributed by atoms with Gasteiger partial charge in [-0.3, -0.25) is 0 Å². The van der Waals surface area contributed by atoms with E-state index in [4.69, 9.17) is 5.11 Å². The number of phenols is 1. The van der Waals surface area contributed by atoms with Crippen LogP contribution in [0.4, 0.5) is 5.69 Å². The van der Waals surface area contributed by atoms with Crippen LogP contribution in [0, 0.1) is 4.91 Å². The van der Waals surface area contributed by atoms with Gasteiger partial charge in [-0.2, -0.15) is 0 Å². The summed E-state index contributed by atoms with van der Waals surface area (Å²) in [6.45, 7) is 0. The van der Waals surface area contributed by atoms with Crippen LogP contribution in [0.2, 0.25) is 0 Å². The predicted octanol–water partition coefficient (Wildman–Crippen LogP) is 4.08. The minimum Gasteiger partial charge on any atom is -0.508 e. The number of thioether (sulfide) groups is 1. The molecule has 0 aliphatic heterocycles. The van der Waals surface area contributed by atoms with E-state index in [-0.39, 0.29) is 5.75 Å². The van der Waals surface area contributed by atoms with Gasteiger partial charge in [-0.25, -0.2) is 0 Å². The fraction of sp³-hybridized carbons (Fsp3) is 0.0769. The molecule has 2 rings (SSSR count). The highest BCUT2D eigenvalue weighted by Gasteiger charge is 2.02. The Hall–Kier alpha value is -1.81. The smallest absolute Gasteiger partial charge is 0.121 e. The van der Waals surface area contributed by atoms with Crippen molar-refractivity contribution in [2.45, 2.75) is 10.6 Å². The third kappa shape index (κ3) is 3.07. The summed E-state index contributed by atoms with van der Waals surface area (Å²) in [4.78, 5) is 11.5. The van der Waals surface area contributed by atoms with Crippen molar-refractivity contribution in [1.82, 2.24) is 0 Å². The van der Waals surface area contributed by atoms with Gasteiger partial charge in [0.2, 0.25) is 0 Å². The van der Waals surface area contributed by atoms with Gasteiger partial charge in [0.05, 0.1) is 0 Å². The summed E-state index contributed by atoms with van der Waals surface area (Å²) in [5.74, 6) is 1.00. The lowest BCUT2D eigenvalue weighted by atomic mass is 10.2. The number of nitroso groups, excluding NO2 is 1. The van der Waals surface area contributed by atoms with Gasteiger partial charge in [-0.05, 0) is 35.0 Å². The van der Waals surface area contributed by atoms with Gasteiger partial charge >= 0.3 is 0 Å². The molecule has 0 saturated heterocycles. The molecule has 0 spiro atoms. The van der Waals surface area contributed by atoms with Crippen LogP contribution in [-0.2, 0) is 5.75 Å². The molecule has 0 atom stereocenters. The molecule has 0 bridgehead atoms. The Balaban J connectivity index is 2.07. The monoisotopic (exact) mass is 245 g/mol. The zero-order valence-corrected chi connectivity index (χ0v) is 9.85. The van der Waals surface area contributed by atoms with Gasteiger partial charge in [0.15, 0.2) is 0 Å². The van der Waals surface area contributed by atoms with Crippen LogP contribution in [0.25, 0.3) is 0 Å². The SMILES string of the molecule is O=Nc1ccccc1SCc1ccc(O)cc1. The lowest BCUT2D eigenvalue weighted by Crippen LogP contribution is -1.80. The van der Waals surface area contributed by atoms with Gasteiger partial charge in [0, 0.05) is 10.6 Å². The first kappa shape index (κ1) is 11.7.